The van der Waals surface area contributed by atoms with Crippen molar-refractivity contribution in [1.29, 1.82) is 0 Å². The minimum Gasteiger partial charge on any atom is -0.481 e. The third kappa shape index (κ3) is 5.00. The number of urea groups is 1. The minimum atomic E-state index is -0.795. The van der Waals surface area contributed by atoms with Gasteiger partial charge >= 0.3 is 12.0 Å². The summed E-state index contributed by atoms with van der Waals surface area (Å²) in [4.78, 5) is 25.2. The van der Waals surface area contributed by atoms with Gasteiger partial charge in [0.15, 0.2) is 0 Å². The van der Waals surface area contributed by atoms with Crippen molar-refractivity contribution in [3.63, 3.8) is 0 Å². The van der Waals surface area contributed by atoms with E-state index in [-0.39, 0.29) is 18.6 Å². The fraction of sp³-hybridized carbons (Fsp3) is 0.857. The highest BCUT2D eigenvalue weighted by atomic mass is 16.4. The maximum absolute atomic E-state index is 11.8. The fourth-order valence-corrected chi connectivity index (χ4v) is 2.57. The lowest BCUT2D eigenvalue weighted by Crippen LogP contribution is -2.47. The Labute approximate surface area is 120 Å². The summed E-state index contributed by atoms with van der Waals surface area (Å²) in [6.45, 7) is 3.07. The van der Waals surface area contributed by atoms with E-state index in [9.17, 15) is 14.7 Å². The Morgan fingerprint density at radius 3 is 2.40 bits per heavy atom. The normalized spacial score (nSPS) is 18.8. The Morgan fingerprint density at radius 1 is 1.30 bits per heavy atom. The molecule has 0 spiro atoms. The summed E-state index contributed by atoms with van der Waals surface area (Å²) >= 11 is 0. The van der Waals surface area contributed by atoms with E-state index in [4.69, 9.17) is 0 Å². The number of hydrogen-bond donors (Lipinski definition) is 3. The quantitative estimate of drug-likeness (QED) is 0.658. The number of hydrogen-bond acceptors (Lipinski definition) is 3. The maximum atomic E-state index is 11.8. The van der Waals surface area contributed by atoms with Gasteiger partial charge in [0.05, 0.1) is 5.41 Å². The van der Waals surface area contributed by atoms with Gasteiger partial charge in [0, 0.05) is 12.6 Å². The molecule has 0 aromatic carbocycles. The van der Waals surface area contributed by atoms with Crippen LogP contribution in [0, 0.1) is 5.41 Å². The van der Waals surface area contributed by atoms with Crippen molar-refractivity contribution in [2.45, 2.75) is 45.1 Å². The predicted molar refractivity (Wildman–Crippen MR) is 77.7 cm³/mol. The largest absolute Gasteiger partial charge is 0.481 e. The summed E-state index contributed by atoms with van der Waals surface area (Å²) in [5.74, 6) is -0.795. The number of nitrogens with zero attached hydrogens (tertiary/aromatic N) is 1. The smallest absolute Gasteiger partial charge is 0.315 e. The van der Waals surface area contributed by atoms with Crippen LogP contribution in [-0.4, -0.2) is 55.2 Å². The van der Waals surface area contributed by atoms with Gasteiger partial charge in [-0.2, -0.15) is 0 Å². The molecule has 0 bridgehead atoms. The van der Waals surface area contributed by atoms with E-state index in [2.05, 4.69) is 15.5 Å². The Kier molecular flexibility index (Phi) is 6.26. The van der Waals surface area contributed by atoms with Crippen LogP contribution in [0.15, 0.2) is 0 Å². The average Bonchev–Trinajstić information content (AvgIpc) is 2.84. The van der Waals surface area contributed by atoms with E-state index in [0.717, 1.165) is 25.8 Å². The third-order valence-corrected chi connectivity index (χ3v) is 3.99. The van der Waals surface area contributed by atoms with Crippen molar-refractivity contribution >= 4 is 12.0 Å². The zero-order chi connectivity index (χ0) is 15.2. The molecule has 0 heterocycles. The molecule has 3 N–H and O–H groups in total. The van der Waals surface area contributed by atoms with Crippen molar-refractivity contribution in [2.24, 2.45) is 5.41 Å². The summed E-state index contributed by atoms with van der Waals surface area (Å²) in [7, 11) is 3.98. The van der Waals surface area contributed by atoms with Crippen LogP contribution in [0.3, 0.4) is 0 Å². The van der Waals surface area contributed by atoms with Crippen LogP contribution in [-0.2, 0) is 4.79 Å². The second-order valence-corrected chi connectivity index (χ2v) is 6.11. The Balaban J connectivity index is 2.33. The first-order chi connectivity index (χ1) is 9.35. The molecule has 0 aromatic heterocycles. The molecule has 1 saturated carbocycles. The summed E-state index contributed by atoms with van der Waals surface area (Å²) in [6, 6.07) is -0.203. The summed E-state index contributed by atoms with van der Waals surface area (Å²) in [5, 5.41) is 14.9. The molecule has 0 aliphatic heterocycles. The van der Waals surface area contributed by atoms with Crippen LogP contribution in [0.5, 0.6) is 0 Å². The summed E-state index contributed by atoms with van der Waals surface area (Å²) < 4.78 is 0. The highest BCUT2D eigenvalue weighted by Gasteiger charge is 2.41. The van der Waals surface area contributed by atoms with Gasteiger partial charge in [-0.15, -0.1) is 0 Å². The molecule has 1 fully saturated rings. The summed E-state index contributed by atoms with van der Waals surface area (Å²) in [5.41, 5.74) is -0.760. The molecule has 1 aliphatic rings. The SMILES string of the molecule is CC(CCN(C)C)NC(=O)NCC1(C(=O)O)CCCC1. The molecule has 0 saturated heterocycles. The monoisotopic (exact) mass is 285 g/mol. The first-order valence-corrected chi connectivity index (χ1v) is 7.28. The van der Waals surface area contributed by atoms with E-state index >= 15 is 0 Å². The van der Waals surface area contributed by atoms with Gasteiger partial charge in [-0.3, -0.25) is 4.79 Å². The fourth-order valence-electron chi connectivity index (χ4n) is 2.57. The van der Waals surface area contributed by atoms with Crippen LogP contribution < -0.4 is 10.6 Å². The van der Waals surface area contributed by atoms with Gasteiger partial charge in [0.25, 0.3) is 0 Å². The van der Waals surface area contributed by atoms with Crippen LogP contribution in [0.2, 0.25) is 0 Å². The van der Waals surface area contributed by atoms with Crippen molar-refractivity contribution in [1.82, 2.24) is 15.5 Å². The number of nitrogens with one attached hydrogen (secondary N) is 2. The third-order valence-electron chi connectivity index (χ3n) is 3.99. The molecule has 1 rings (SSSR count). The van der Waals surface area contributed by atoms with Gasteiger partial charge in [-0.05, 0) is 46.8 Å². The Morgan fingerprint density at radius 2 is 1.90 bits per heavy atom. The van der Waals surface area contributed by atoms with E-state index < -0.39 is 11.4 Å². The number of carbonyl (C=O) groups is 2. The number of rotatable bonds is 7. The van der Waals surface area contributed by atoms with E-state index in [0.29, 0.717) is 12.8 Å². The van der Waals surface area contributed by atoms with Crippen molar-refractivity contribution in [3.8, 4) is 0 Å². The Hall–Kier alpha value is -1.30. The Bertz CT molecular complexity index is 339. The second kappa shape index (κ2) is 7.47. The van der Waals surface area contributed by atoms with Crippen LogP contribution in [0.4, 0.5) is 4.79 Å². The van der Waals surface area contributed by atoms with Crippen LogP contribution >= 0.6 is 0 Å². The molecule has 6 heteroatoms. The zero-order valence-electron chi connectivity index (χ0n) is 12.7. The molecular formula is C14H27N3O3. The first-order valence-electron chi connectivity index (χ1n) is 7.28. The molecule has 0 radical (unpaired) electrons. The molecule has 20 heavy (non-hydrogen) atoms. The van der Waals surface area contributed by atoms with Gasteiger partial charge in [-0.1, -0.05) is 12.8 Å². The highest BCUT2D eigenvalue weighted by molar-refractivity contribution is 5.78. The van der Waals surface area contributed by atoms with Crippen molar-refractivity contribution < 1.29 is 14.7 Å². The molecule has 2 amide bonds. The molecule has 1 atom stereocenters. The first kappa shape index (κ1) is 16.8. The lowest BCUT2D eigenvalue weighted by atomic mass is 9.86. The second-order valence-electron chi connectivity index (χ2n) is 6.11. The van der Waals surface area contributed by atoms with Gasteiger partial charge in [0.1, 0.15) is 0 Å². The van der Waals surface area contributed by atoms with Crippen LogP contribution in [0.1, 0.15) is 39.0 Å². The number of carboxylic acids is 1. The maximum Gasteiger partial charge on any atom is 0.315 e. The van der Waals surface area contributed by atoms with Gasteiger partial charge < -0.3 is 20.6 Å². The molecule has 116 valence electrons. The zero-order valence-corrected chi connectivity index (χ0v) is 12.7. The molecule has 1 unspecified atom stereocenters. The average molecular weight is 285 g/mol. The standard InChI is InChI=1S/C14H27N3O3/c1-11(6-9-17(2)3)16-13(20)15-10-14(12(18)19)7-4-5-8-14/h11H,4-10H2,1-3H3,(H,18,19)(H2,15,16,20). The van der Waals surface area contributed by atoms with Crippen LogP contribution in [0.25, 0.3) is 0 Å². The minimum absolute atomic E-state index is 0.0711. The predicted octanol–water partition coefficient (Wildman–Crippen LogP) is 1.27. The van der Waals surface area contributed by atoms with E-state index in [1.807, 2.05) is 21.0 Å². The van der Waals surface area contributed by atoms with E-state index in [1.54, 1.807) is 0 Å². The highest BCUT2D eigenvalue weighted by Crippen LogP contribution is 2.37. The molecule has 6 nitrogen and oxygen atoms in total. The molecular weight excluding hydrogens is 258 g/mol. The van der Waals surface area contributed by atoms with Gasteiger partial charge in [-0.25, -0.2) is 4.79 Å². The molecule has 1 aliphatic carbocycles. The van der Waals surface area contributed by atoms with Gasteiger partial charge in [0.2, 0.25) is 0 Å². The number of carbonyl (C=O) groups excluding carboxylic acids is 1. The van der Waals surface area contributed by atoms with E-state index in [1.165, 1.54) is 0 Å². The molecule has 0 aromatic rings. The topological polar surface area (TPSA) is 81.7 Å². The number of amides is 2. The summed E-state index contributed by atoms with van der Waals surface area (Å²) in [6.07, 6.45) is 4.02. The van der Waals surface area contributed by atoms with Crippen molar-refractivity contribution in [2.75, 3.05) is 27.2 Å². The lowest BCUT2D eigenvalue weighted by molar-refractivity contribution is -0.148. The number of carboxylic acid groups (broad SMARTS) is 1. The van der Waals surface area contributed by atoms with Crippen molar-refractivity contribution in [3.05, 3.63) is 0 Å². The number of aliphatic carboxylic acids is 1. The lowest BCUT2D eigenvalue weighted by Gasteiger charge is -2.25.